The van der Waals surface area contributed by atoms with Crippen LogP contribution in [0.15, 0.2) is 48.9 Å². The molecule has 0 fully saturated rings. The van der Waals surface area contributed by atoms with E-state index in [9.17, 15) is 18.7 Å². The van der Waals surface area contributed by atoms with Gasteiger partial charge in [-0.2, -0.15) is 4.39 Å². The number of imidazole rings is 1. The predicted molar refractivity (Wildman–Crippen MR) is 119 cm³/mol. The van der Waals surface area contributed by atoms with Crippen molar-refractivity contribution in [1.82, 2.24) is 14.4 Å². The van der Waals surface area contributed by atoms with Crippen LogP contribution in [0.4, 0.5) is 20.3 Å². The van der Waals surface area contributed by atoms with Crippen molar-refractivity contribution < 1.29 is 23.4 Å². The van der Waals surface area contributed by atoms with Gasteiger partial charge >= 0.3 is 5.97 Å². The molecule has 7 nitrogen and oxygen atoms in total. The topological polar surface area (TPSA) is 88.8 Å². The van der Waals surface area contributed by atoms with Gasteiger partial charge < -0.3 is 15.2 Å². The normalized spacial score (nSPS) is 10.7. The van der Waals surface area contributed by atoms with Crippen LogP contribution in [0.1, 0.15) is 22.8 Å². The molecule has 0 aliphatic heterocycles. The first-order chi connectivity index (χ1) is 15.9. The number of halogens is 2. The Kier molecular flexibility index (Phi) is 5.91. The number of ether oxygens (including phenoxy) is 1. The lowest BCUT2D eigenvalue weighted by atomic mass is 10.0. The first-order valence-electron chi connectivity index (χ1n) is 9.94. The number of carboxylic acids is 1. The molecule has 0 bridgehead atoms. The van der Waals surface area contributed by atoms with Crippen LogP contribution in [-0.2, 0) is 6.42 Å². The van der Waals surface area contributed by atoms with Crippen LogP contribution >= 0.6 is 0 Å². The zero-order valence-corrected chi connectivity index (χ0v) is 17.5. The predicted octanol–water partition coefficient (Wildman–Crippen LogP) is 4.69. The summed E-state index contributed by atoms with van der Waals surface area (Å²) in [6, 6.07) is 7.56. The van der Waals surface area contributed by atoms with Crippen molar-refractivity contribution in [1.29, 1.82) is 0 Å². The van der Waals surface area contributed by atoms with Gasteiger partial charge in [0.1, 0.15) is 6.61 Å². The van der Waals surface area contributed by atoms with Crippen molar-refractivity contribution in [3.8, 4) is 29.4 Å². The second-order valence-corrected chi connectivity index (χ2v) is 7.00. The van der Waals surface area contributed by atoms with E-state index in [0.717, 1.165) is 0 Å². The third-order valence-electron chi connectivity index (χ3n) is 5.04. The fourth-order valence-corrected chi connectivity index (χ4v) is 3.48. The van der Waals surface area contributed by atoms with Gasteiger partial charge in [-0.1, -0.05) is 12.8 Å². The van der Waals surface area contributed by atoms with Gasteiger partial charge in [-0.25, -0.2) is 19.2 Å². The first kappa shape index (κ1) is 21.8. The molecular weight excluding hydrogens is 430 g/mol. The second kappa shape index (κ2) is 8.96. The van der Waals surface area contributed by atoms with Crippen LogP contribution in [-0.4, -0.2) is 32.1 Å². The van der Waals surface area contributed by atoms with E-state index in [-0.39, 0.29) is 23.5 Å². The third kappa shape index (κ3) is 4.06. The summed E-state index contributed by atoms with van der Waals surface area (Å²) in [5.74, 6) is -0.937. The fourth-order valence-electron chi connectivity index (χ4n) is 3.48. The lowest BCUT2D eigenvalue weighted by molar-refractivity contribution is 0.0695. The van der Waals surface area contributed by atoms with Gasteiger partial charge in [-0.15, -0.1) is 6.42 Å². The van der Waals surface area contributed by atoms with Crippen LogP contribution < -0.4 is 10.1 Å². The summed E-state index contributed by atoms with van der Waals surface area (Å²) in [6.45, 7) is 1.68. The number of carbonyl (C=O) groups is 1. The van der Waals surface area contributed by atoms with E-state index in [1.807, 2.05) is 6.92 Å². The number of nitrogens with one attached hydrogen (secondary N) is 1. The van der Waals surface area contributed by atoms with E-state index < -0.39 is 17.6 Å². The summed E-state index contributed by atoms with van der Waals surface area (Å²) in [4.78, 5) is 20.0. The lowest BCUT2D eigenvalue weighted by Gasteiger charge is -2.11. The number of carboxylic acid groups (broad SMARTS) is 1. The Bertz CT molecular complexity index is 1410. The number of aromatic carboxylic acids is 1. The highest BCUT2D eigenvalue weighted by Gasteiger charge is 2.19. The van der Waals surface area contributed by atoms with Crippen molar-refractivity contribution in [3.05, 3.63) is 71.7 Å². The van der Waals surface area contributed by atoms with Crippen LogP contribution in [0.2, 0.25) is 0 Å². The van der Waals surface area contributed by atoms with Gasteiger partial charge in [0.15, 0.2) is 23.0 Å². The maximum absolute atomic E-state index is 14.8. The van der Waals surface area contributed by atoms with Crippen LogP contribution in [0.3, 0.4) is 0 Å². The Labute approximate surface area is 187 Å². The quantitative estimate of drug-likeness (QED) is 0.399. The van der Waals surface area contributed by atoms with Crippen LogP contribution in [0.5, 0.6) is 5.75 Å². The fraction of sp³-hybridized carbons (Fsp3) is 0.125. The Morgan fingerprint density at radius 3 is 2.79 bits per heavy atom. The third-order valence-corrected chi connectivity index (χ3v) is 5.04. The smallest absolute Gasteiger partial charge is 0.335 e. The van der Waals surface area contributed by atoms with Crippen molar-refractivity contribution >= 4 is 23.1 Å². The molecule has 0 atom stereocenters. The zero-order chi connectivity index (χ0) is 23.5. The minimum atomic E-state index is -1.14. The van der Waals surface area contributed by atoms with Gasteiger partial charge in [0.25, 0.3) is 0 Å². The molecule has 0 amide bonds. The monoisotopic (exact) mass is 448 g/mol. The first-order valence-corrected chi connectivity index (χ1v) is 9.94. The number of aromatic nitrogens is 3. The van der Waals surface area contributed by atoms with Crippen molar-refractivity contribution in [3.63, 3.8) is 0 Å². The zero-order valence-electron chi connectivity index (χ0n) is 17.5. The molecule has 2 aromatic heterocycles. The molecule has 9 heteroatoms. The largest absolute Gasteiger partial charge is 0.478 e. The summed E-state index contributed by atoms with van der Waals surface area (Å²) < 4.78 is 35.8. The molecule has 33 heavy (non-hydrogen) atoms. The summed E-state index contributed by atoms with van der Waals surface area (Å²) in [5, 5.41) is 12.4. The molecule has 166 valence electrons. The molecular formula is C24H18F2N4O3. The number of benzene rings is 2. The molecule has 0 aliphatic carbocycles. The molecule has 0 radical (unpaired) electrons. The molecule has 0 aliphatic rings. The second-order valence-electron chi connectivity index (χ2n) is 7.00. The minimum absolute atomic E-state index is 0.00992. The number of terminal acetylenes is 1. The average molecular weight is 448 g/mol. The maximum Gasteiger partial charge on any atom is 0.335 e. The summed E-state index contributed by atoms with van der Waals surface area (Å²) >= 11 is 0. The van der Waals surface area contributed by atoms with E-state index in [1.165, 1.54) is 30.6 Å². The Hall–Kier alpha value is -4.45. The molecule has 0 unspecified atom stereocenters. The van der Waals surface area contributed by atoms with Crippen molar-refractivity contribution in [2.75, 3.05) is 11.9 Å². The Morgan fingerprint density at radius 1 is 1.24 bits per heavy atom. The minimum Gasteiger partial charge on any atom is -0.478 e. The van der Waals surface area contributed by atoms with E-state index in [2.05, 4.69) is 21.2 Å². The van der Waals surface area contributed by atoms with Crippen LogP contribution in [0, 0.1) is 24.0 Å². The molecule has 2 aromatic carbocycles. The number of hydrogen-bond donors (Lipinski definition) is 2. The van der Waals surface area contributed by atoms with E-state index in [4.69, 9.17) is 11.2 Å². The highest BCUT2D eigenvalue weighted by atomic mass is 19.2. The van der Waals surface area contributed by atoms with Crippen molar-refractivity contribution in [2.45, 2.75) is 13.3 Å². The van der Waals surface area contributed by atoms with Gasteiger partial charge in [-0.05, 0) is 42.3 Å². The molecule has 0 spiro atoms. The Balaban J connectivity index is 1.72. The molecule has 2 N–H and O–H groups in total. The van der Waals surface area contributed by atoms with Gasteiger partial charge in [0, 0.05) is 23.6 Å². The van der Waals surface area contributed by atoms with Crippen LogP contribution in [0.25, 0.3) is 16.9 Å². The molecule has 4 aromatic rings. The van der Waals surface area contributed by atoms with E-state index in [0.29, 0.717) is 34.8 Å². The summed E-state index contributed by atoms with van der Waals surface area (Å²) in [6.07, 6.45) is 10.1. The maximum atomic E-state index is 14.8. The molecule has 2 heterocycles. The number of anilines is 2. The summed E-state index contributed by atoms with van der Waals surface area (Å²) in [7, 11) is 0. The number of aryl methyl sites for hydroxylation is 1. The lowest BCUT2D eigenvalue weighted by Crippen LogP contribution is -2.04. The van der Waals surface area contributed by atoms with Gasteiger partial charge in [-0.3, -0.25) is 4.40 Å². The Morgan fingerprint density at radius 2 is 2.06 bits per heavy atom. The SMILES string of the molecule is C#CCOc1ccc(-c2cnc3c(Nc4ccc(C(=O)O)c(CC)c4)nccn23)c(F)c1F. The highest BCUT2D eigenvalue weighted by Crippen LogP contribution is 2.31. The van der Waals surface area contributed by atoms with E-state index in [1.54, 1.807) is 22.7 Å². The summed E-state index contributed by atoms with van der Waals surface area (Å²) in [5.41, 5.74) is 2.18. The number of rotatable bonds is 7. The molecule has 4 rings (SSSR count). The number of fused-ring (bicyclic) bond motifs is 1. The highest BCUT2D eigenvalue weighted by molar-refractivity contribution is 5.90. The molecule has 0 saturated carbocycles. The standard InChI is InChI=1S/C24H18F2N4O3/c1-3-11-33-19-8-7-17(20(25)21(19)26)18-13-28-23-22(27-9-10-30(18)23)29-15-5-6-16(24(31)32)14(4-2)12-15/h1,5-10,12-13H,4,11H2,2H3,(H,27,29)(H,31,32). The molecule has 0 saturated heterocycles. The van der Waals surface area contributed by atoms with Crippen molar-refractivity contribution in [2.24, 2.45) is 0 Å². The number of hydrogen-bond acceptors (Lipinski definition) is 5. The van der Waals surface area contributed by atoms with Gasteiger partial charge in [0.05, 0.1) is 17.5 Å². The average Bonchev–Trinajstić information content (AvgIpc) is 3.25. The van der Waals surface area contributed by atoms with Gasteiger partial charge in [0.2, 0.25) is 5.82 Å². The van der Waals surface area contributed by atoms with E-state index >= 15 is 0 Å². The number of nitrogens with zero attached hydrogens (tertiary/aromatic N) is 3.